The summed E-state index contributed by atoms with van der Waals surface area (Å²) in [6.07, 6.45) is 6.10. The molecule has 21 heavy (non-hydrogen) atoms. The fourth-order valence-electron chi connectivity index (χ4n) is 2.49. The lowest BCUT2D eigenvalue weighted by atomic mass is 10.0. The Balaban J connectivity index is 2.21. The van der Waals surface area contributed by atoms with Gasteiger partial charge >= 0.3 is 0 Å². The minimum absolute atomic E-state index is 0.318. The van der Waals surface area contributed by atoms with Gasteiger partial charge in [0.15, 0.2) is 0 Å². The van der Waals surface area contributed by atoms with E-state index in [-0.39, 0.29) is 0 Å². The van der Waals surface area contributed by atoms with E-state index >= 15 is 0 Å². The minimum atomic E-state index is 0.318. The van der Waals surface area contributed by atoms with Crippen molar-refractivity contribution < 1.29 is 0 Å². The Kier molecular flexibility index (Phi) is 6.27. The van der Waals surface area contributed by atoms with Gasteiger partial charge in [-0.05, 0) is 42.5 Å². The molecule has 0 saturated carbocycles. The van der Waals surface area contributed by atoms with Crippen molar-refractivity contribution in [2.45, 2.75) is 37.6 Å². The number of aryl methyl sites for hydroxylation is 1. The van der Waals surface area contributed by atoms with Crippen LogP contribution in [0.1, 0.15) is 36.7 Å². The minimum Gasteiger partial charge on any atom is -0.310 e. The standard InChI is InChI=1S/C18H24N2S/c1-4-14-10-11-15(20-13-14)12-17(19-5-2)16-8-6-7-9-18(16)21-3/h6-11,13,17,19H,4-5,12H2,1-3H3. The Labute approximate surface area is 132 Å². The van der Waals surface area contributed by atoms with Crippen molar-refractivity contribution in [2.24, 2.45) is 0 Å². The third kappa shape index (κ3) is 4.32. The van der Waals surface area contributed by atoms with Gasteiger partial charge in [0.1, 0.15) is 0 Å². The highest BCUT2D eigenvalue weighted by Crippen LogP contribution is 2.27. The van der Waals surface area contributed by atoms with Gasteiger partial charge in [-0.15, -0.1) is 11.8 Å². The molecule has 1 N–H and O–H groups in total. The van der Waals surface area contributed by atoms with Crippen LogP contribution in [0.15, 0.2) is 47.5 Å². The van der Waals surface area contributed by atoms with Crippen molar-refractivity contribution in [1.29, 1.82) is 0 Å². The van der Waals surface area contributed by atoms with E-state index in [4.69, 9.17) is 0 Å². The van der Waals surface area contributed by atoms with Crippen LogP contribution in [0.2, 0.25) is 0 Å². The van der Waals surface area contributed by atoms with E-state index in [9.17, 15) is 0 Å². The van der Waals surface area contributed by atoms with E-state index in [1.165, 1.54) is 16.0 Å². The van der Waals surface area contributed by atoms with Gasteiger partial charge in [-0.1, -0.05) is 38.1 Å². The number of hydrogen-bond donors (Lipinski definition) is 1. The highest BCUT2D eigenvalue weighted by molar-refractivity contribution is 7.98. The first-order chi connectivity index (χ1) is 10.3. The molecule has 0 radical (unpaired) electrons. The van der Waals surface area contributed by atoms with Gasteiger partial charge in [0.05, 0.1) is 0 Å². The van der Waals surface area contributed by atoms with Crippen molar-refractivity contribution in [3.8, 4) is 0 Å². The Morgan fingerprint density at radius 2 is 1.95 bits per heavy atom. The van der Waals surface area contributed by atoms with E-state index in [0.717, 1.165) is 25.1 Å². The maximum atomic E-state index is 4.61. The summed E-state index contributed by atoms with van der Waals surface area (Å²) in [4.78, 5) is 5.95. The van der Waals surface area contributed by atoms with E-state index in [1.54, 1.807) is 11.8 Å². The maximum Gasteiger partial charge on any atom is 0.0422 e. The van der Waals surface area contributed by atoms with Crippen molar-refractivity contribution in [1.82, 2.24) is 10.3 Å². The third-order valence-electron chi connectivity index (χ3n) is 3.67. The van der Waals surface area contributed by atoms with Gasteiger partial charge in [0, 0.05) is 29.2 Å². The fraction of sp³-hybridized carbons (Fsp3) is 0.389. The third-order valence-corrected chi connectivity index (χ3v) is 4.48. The fourth-order valence-corrected chi connectivity index (χ4v) is 3.15. The number of rotatable bonds is 7. The first-order valence-corrected chi connectivity index (χ1v) is 8.81. The molecule has 3 heteroatoms. The molecule has 0 fully saturated rings. The Bertz CT molecular complexity index is 551. The van der Waals surface area contributed by atoms with Gasteiger partial charge < -0.3 is 5.32 Å². The van der Waals surface area contributed by atoms with Crippen LogP contribution >= 0.6 is 11.8 Å². The molecule has 0 aliphatic carbocycles. The van der Waals surface area contributed by atoms with Gasteiger partial charge in [-0.25, -0.2) is 0 Å². The second kappa shape index (κ2) is 8.20. The molecule has 0 bridgehead atoms. The summed E-state index contributed by atoms with van der Waals surface area (Å²) in [5.74, 6) is 0. The summed E-state index contributed by atoms with van der Waals surface area (Å²) < 4.78 is 0. The van der Waals surface area contributed by atoms with E-state index in [1.807, 2.05) is 6.20 Å². The molecule has 0 aliphatic heterocycles. The molecule has 2 nitrogen and oxygen atoms in total. The number of hydrogen-bond acceptors (Lipinski definition) is 3. The average molecular weight is 300 g/mol. The molecule has 2 rings (SSSR count). The van der Waals surface area contributed by atoms with E-state index in [0.29, 0.717) is 6.04 Å². The monoisotopic (exact) mass is 300 g/mol. The SMILES string of the molecule is CCNC(Cc1ccc(CC)cn1)c1ccccc1SC. The molecule has 0 spiro atoms. The Morgan fingerprint density at radius 1 is 1.14 bits per heavy atom. The lowest BCUT2D eigenvalue weighted by molar-refractivity contribution is 0.536. The van der Waals surface area contributed by atoms with Crippen LogP contribution in [0.5, 0.6) is 0 Å². The molecule has 0 aliphatic rings. The van der Waals surface area contributed by atoms with Crippen LogP contribution in [-0.2, 0) is 12.8 Å². The van der Waals surface area contributed by atoms with Crippen LogP contribution in [-0.4, -0.2) is 17.8 Å². The molecule has 1 aromatic carbocycles. The topological polar surface area (TPSA) is 24.9 Å². The average Bonchev–Trinajstić information content (AvgIpc) is 2.55. The largest absolute Gasteiger partial charge is 0.310 e. The second-order valence-electron chi connectivity index (χ2n) is 5.07. The summed E-state index contributed by atoms with van der Waals surface area (Å²) in [6, 6.07) is 13.3. The Hall–Kier alpha value is -1.32. The van der Waals surface area contributed by atoms with Crippen molar-refractivity contribution in [3.05, 3.63) is 59.4 Å². The number of pyridine rings is 1. The molecule has 1 aromatic heterocycles. The Morgan fingerprint density at radius 3 is 2.57 bits per heavy atom. The summed E-state index contributed by atoms with van der Waals surface area (Å²) >= 11 is 1.81. The molecule has 0 amide bonds. The molecule has 1 heterocycles. The van der Waals surface area contributed by atoms with Crippen LogP contribution in [0.25, 0.3) is 0 Å². The van der Waals surface area contributed by atoms with Crippen LogP contribution in [0.4, 0.5) is 0 Å². The van der Waals surface area contributed by atoms with Gasteiger partial charge in [0.25, 0.3) is 0 Å². The number of likely N-dealkylation sites (N-methyl/N-ethyl adjacent to an activating group) is 1. The number of aromatic nitrogens is 1. The van der Waals surface area contributed by atoms with E-state index in [2.05, 4.69) is 66.8 Å². The lowest BCUT2D eigenvalue weighted by Crippen LogP contribution is -2.23. The quantitative estimate of drug-likeness (QED) is 0.773. The summed E-state index contributed by atoms with van der Waals surface area (Å²) in [7, 11) is 0. The number of nitrogens with zero attached hydrogens (tertiary/aromatic N) is 1. The highest BCUT2D eigenvalue weighted by atomic mass is 32.2. The normalized spacial score (nSPS) is 12.3. The molecule has 112 valence electrons. The van der Waals surface area contributed by atoms with E-state index < -0.39 is 0 Å². The molecule has 1 atom stereocenters. The van der Waals surface area contributed by atoms with Crippen LogP contribution in [0.3, 0.4) is 0 Å². The van der Waals surface area contributed by atoms with Crippen LogP contribution < -0.4 is 5.32 Å². The summed E-state index contributed by atoms with van der Waals surface area (Å²) in [5, 5.41) is 3.60. The van der Waals surface area contributed by atoms with Gasteiger partial charge in [-0.2, -0.15) is 0 Å². The summed E-state index contributed by atoms with van der Waals surface area (Å²) in [6.45, 7) is 5.27. The number of thioether (sulfide) groups is 1. The van der Waals surface area contributed by atoms with Gasteiger partial charge in [-0.3, -0.25) is 4.98 Å². The number of nitrogens with one attached hydrogen (secondary N) is 1. The summed E-state index contributed by atoms with van der Waals surface area (Å²) in [5.41, 5.74) is 3.81. The smallest absolute Gasteiger partial charge is 0.0422 e. The maximum absolute atomic E-state index is 4.61. The van der Waals surface area contributed by atoms with Gasteiger partial charge in [0.2, 0.25) is 0 Å². The lowest BCUT2D eigenvalue weighted by Gasteiger charge is -2.20. The van der Waals surface area contributed by atoms with Crippen LogP contribution in [0, 0.1) is 0 Å². The molecular weight excluding hydrogens is 276 g/mol. The first-order valence-electron chi connectivity index (χ1n) is 7.58. The first kappa shape index (κ1) is 16.1. The molecule has 1 unspecified atom stereocenters. The van der Waals surface area contributed by atoms with Crippen molar-refractivity contribution in [3.63, 3.8) is 0 Å². The van der Waals surface area contributed by atoms with Crippen molar-refractivity contribution >= 4 is 11.8 Å². The highest BCUT2D eigenvalue weighted by Gasteiger charge is 2.15. The molecule has 2 aromatic rings. The molecule has 0 saturated heterocycles. The predicted molar refractivity (Wildman–Crippen MR) is 92.0 cm³/mol. The zero-order valence-corrected chi connectivity index (χ0v) is 13.9. The predicted octanol–water partition coefficient (Wildman–Crippen LogP) is 4.26. The molecular formula is C18H24N2S. The number of benzene rings is 1. The zero-order chi connectivity index (χ0) is 15.1. The van der Waals surface area contributed by atoms with Crippen molar-refractivity contribution in [2.75, 3.05) is 12.8 Å². The second-order valence-corrected chi connectivity index (χ2v) is 5.92. The zero-order valence-electron chi connectivity index (χ0n) is 13.1.